The van der Waals surface area contributed by atoms with Crippen molar-refractivity contribution in [1.29, 1.82) is 0 Å². The third kappa shape index (κ3) is 2.50. The number of aromatic nitrogens is 1. The van der Waals surface area contributed by atoms with Gasteiger partial charge >= 0.3 is 0 Å². The van der Waals surface area contributed by atoms with Crippen LogP contribution < -0.4 is 4.74 Å². The Kier molecular flexibility index (Phi) is 4.41. The van der Waals surface area contributed by atoms with Crippen LogP contribution in [0.25, 0.3) is 22.2 Å². The first kappa shape index (κ1) is 17.0. The van der Waals surface area contributed by atoms with Crippen LogP contribution in [0.15, 0.2) is 47.4 Å². The highest BCUT2D eigenvalue weighted by atomic mass is 32.2. The van der Waals surface area contributed by atoms with E-state index in [1.807, 2.05) is 43.0 Å². The van der Waals surface area contributed by atoms with E-state index in [-0.39, 0.29) is 11.2 Å². The van der Waals surface area contributed by atoms with Crippen molar-refractivity contribution in [3.8, 4) is 17.0 Å². The molecule has 0 saturated carbocycles. The van der Waals surface area contributed by atoms with Crippen molar-refractivity contribution in [1.82, 2.24) is 9.88 Å². The number of fused-ring (bicyclic) bond motifs is 5. The molecule has 0 saturated heterocycles. The molecular weight excluding hydrogens is 344 g/mol. The maximum Gasteiger partial charge on any atom is 0.240 e. The zero-order valence-corrected chi connectivity index (χ0v) is 16.0. The quantitative estimate of drug-likeness (QED) is 0.717. The van der Waals surface area contributed by atoms with Crippen LogP contribution in [-0.2, 0) is 4.79 Å². The van der Waals surface area contributed by atoms with Crippen LogP contribution in [-0.4, -0.2) is 36.0 Å². The second-order valence-electron chi connectivity index (χ2n) is 6.30. The Morgan fingerprint density at radius 2 is 1.92 bits per heavy atom. The molecule has 4 nitrogen and oxygen atoms in total. The molecule has 26 heavy (non-hydrogen) atoms. The average Bonchev–Trinajstić information content (AvgIpc) is 3.07. The number of methoxy groups -OCH3 is 1. The van der Waals surface area contributed by atoms with Gasteiger partial charge in [-0.05, 0) is 32.0 Å². The molecule has 1 N–H and O–H groups in total. The topological polar surface area (TPSA) is 45.3 Å². The lowest BCUT2D eigenvalue weighted by molar-refractivity contribution is -0.130. The first-order valence-electron chi connectivity index (χ1n) is 8.93. The minimum absolute atomic E-state index is 0.166. The number of benzene rings is 2. The number of H-pyrrole nitrogens is 1. The second-order valence-corrected chi connectivity index (χ2v) is 7.45. The Balaban J connectivity index is 1.98. The van der Waals surface area contributed by atoms with Gasteiger partial charge < -0.3 is 14.6 Å². The van der Waals surface area contributed by atoms with Gasteiger partial charge in [0.1, 0.15) is 11.0 Å². The van der Waals surface area contributed by atoms with E-state index in [2.05, 4.69) is 23.2 Å². The van der Waals surface area contributed by atoms with Gasteiger partial charge in [-0.1, -0.05) is 24.3 Å². The number of carbonyl (C=O) groups is 1. The third-order valence-electron chi connectivity index (χ3n) is 5.01. The van der Waals surface area contributed by atoms with Gasteiger partial charge in [-0.2, -0.15) is 0 Å². The van der Waals surface area contributed by atoms with E-state index in [9.17, 15) is 4.79 Å². The normalized spacial score (nSPS) is 15.4. The number of hydrogen-bond donors (Lipinski definition) is 1. The number of carbonyl (C=O) groups excluding carboxylic acids is 1. The zero-order chi connectivity index (χ0) is 18.3. The molecule has 0 aliphatic carbocycles. The minimum Gasteiger partial charge on any atom is -0.496 e. The Morgan fingerprint density at radius 3 is 2.65 bits per heavy atom. The maximum atomic E-state index is 13.3. The van der Waals surface area contributed by atoms with Gasteiger partial charge in [-0.3, -0.25) is 4.79 Å². The summed E-state index contributed by atoms with van der Waals surface area (Å²) in [6.45, 7) is 5.49. The van der Waals surface area contributed by atoms with Crippen molar-refractivity contribution in [3.05, 3.63) is 48.0 Å². The largest absolute Gasteiger partial charge is 0.496 e. The monoisotopic (exact) mass is 366 g/mol. The molecule has 1 aliphatic heterocycles. The molecule has 2 heterocycles. The molecule has 1 aromatic heterocycles. The first-order chi connectivity index (χ1) is 12.7. The molecular formula is C21H22N2O2S. The summed E-state index contributed by atoms with van der Waals surface area (Å²) in [5, 5.41) is 0.859. The number of para-hydroxylation sites is 1. The third-order valence-corrected chi connectivity index (χ3v) is 6.28. The molecule has 1 atom stereocenters. The van der Waals surface area contributed by atoms with Gasteiger partial charge in [0.25, 0.3) is 0 Å². The molecule has 134 valence electrons. The molecule has 1 aliphatic rings. The summed E-state index contributed by atoms with van der Waals surface area (Å²) in [5.41, 5.74) is 4.17. The van der Waals surface area contributed by atoms with E-state index in [1.165, 1.54) is 0 Å². The summed E-state index contributed by atoms with van der Waals surface area (Å²) in [7, 11) is 1.69. The van der Waals surface area contributed by atoms with Gasteiger partial charge in [0.05, 0.1) is 18.4 Å². The van der Waals surface area contributed by atoms with Gasteiger partial charge in [0, 0.05) is 34.5 Å². The minimum atomic E-state index is -0.249. The molecule has 1 unspecified atom stereocenters. The number of amides is 1. The lowest BCUT2D eigenvalue weighted by Gasteiger charge is -2.29. The zero-order valence-electron chi connectivity index (χ0n) is 15.2. The van der Waals surface area contributed by atoms with Crippen molar-refractivity contribution >= 4 is 28.6 Å². The van der Waals surface area contributed by atoms with Crippen molar-refractivity contribution < 1.29 is 9.53 Å². The van der Waals surface area contributed by atoms with E-state index in [4.69, 9.17) is 4.74 Å². The van der Waals surface area contributed by atoms with Crippen LogP contribution >= 0.6 is 11.8 Å². The first-order valence-corrected chi connectivity index (χ1v) is 9.80. The van der Waals surface area contributed by atoms with E-state index in [1.54, 1.807) is 18.9 Å². The second kappa shape index (κ2) is 6.72. The average molecular weight is 366 g/mol. The standard InChI is InChI=1S/C21H22N2O2S/c1-4-23(5-2)21(24)20-17-13-9-6-7-10-14(13)22-19(17)18-15(25-3)11-8-12-16(18)26-20/h6-12,20,22H,4-5H2,1-3H3. The van der Waals surface area contributed by atoms with Gasteiger partial charge in [-0.15, -0.1) is 11.8 Å². The van der Waals surface area contributed by atoms with Crippen molar-refractivity contribution in [2.24, 2.45) is 0 Å². The number of aromatic amines is 1. The van der Waals surface area contributed by atoms with Crippen molar-refractivity contribution in [2.75, 3.05) is 20.2 Å². The van der Waals surface area contributed by atoms with Crippen molar-refractivity contribution in [3.63, 3.8) is 0 Å². The van der Waals surface area contributed by atoms with Crippen molar-refractivity contribution in [2.45, 2.75) is 24.0 Å². The summed E-state index contributed by atoms with van der Waals surface area (Å²) >= 11 is 1.62. The smallest absolute Gasteiger partial charge is 0.240 e. The number of nitrogens with one attached hydrogen (secondary N) is 1. The van der Waals surface area contributed by atoms with E-state index in [0.29, 0.717) is 0 Å². The summed E-state index contributed by atoms with van der Waals surface area (Å²) in [4.78, 5) is 19.8. The van der Waals surface area contributed by atoms with Gasteiger partial charge in [0.2, 0.25) is 5.91 Å². The molecule has 0 fully saturated rings. The van der Waals surface area contributed by atoms with E-state index < -0.39 is 0 Å². The molecule has 3 aromatic rings. The number of likely N-dealkylation sites (N-methyl/N-ethyl adjacent to an activating group) is 1. The Labute approximate surface area is 157 Å². The highest BCUT2D eigenvalue weighted by Gasteiger charge is 2.36. The SMILES string of the molecule is CCN(CC)C(=O)C1Sc2cccc(OC)c2-c2[nH]c3ccccc3c21. The number of ether oxygens (including phenoxy) is 1. The fraction of sp³-hybridized carbons (Fsp3) is 0.286. The van der Waals surface area contributed by atoms with Gasteiger partial charge in [0.15, 0.2) is 0 Å². The highest BCUT2D eigenvalue weighted by Crippen LogP contribution is 2.54. The molecule has 2 aromatic carbocycles. The molecule has 0 radical (unpaired) electrons. The molecule has 1 amide bonds. The molecule has 5 heteroatoms. The fourth-order valence-electron chi connectivity index (χ4n) is 3.72. The Morgan fingerprint density at radius 1 is 1.15 bits per heavy atom. The van der Waals surface area contributed by atoms with Crippen LogP contribution in [0.1, 0.15) is 24.7 Å². The maximum absolute atomic E-state index is 13.3. The Bertz CT molecular complexity index is 975. The summed E-state index contributed by atoms with van der Waals surface area (Å²) in [6.07, 6.45) is 0. The molecule has 0 bridgehead atoms. The summed E-state index contributed by atoms with van der Waals surface area (Å²) in [5.74, 6) is 0.996. The number of thioether (sulfide) groups is 1. The predicted octanol–water partition coefficient (Wildman–Crippen LogP) is 4.86. The highest BCUT2D eigenvalue weighted by molar-refractivity contribution is 8.00. The fourth-order valence-corrected chi connectivity index (χ4v) is 5.06. The number of rotatable bonds is 4. The predicted molar refractivity (Wildman–Crippen MR) is 107 cm³/mol. The molecule has 0 spiro atoms. The van der Waals surface area contributed by atoms with Crippen LogP contribution in [0.5, 0.6) is 5.75 Å². The lowest BCUT2D eigenvalue weighted by Crippen LogP contribution is -2.34. The summed E-state index contributed by atoms with van der Waals surface area (Å²) < 4.78 is 5.62. The van der Waals surface area contributed by atoms with E-state index in [0.717, 1.165) is 51.5 Å². The van der Waals surface area contributed by atoms with Gasteiger partial charge in [-0.25, -0.2) is 0 Å². The number of hydrogen-bond acceptors (Lipinski definition) is 3. The van der Waals surface area contributed by atoms with Crippen LogP contribution in [0.4, 0.5) is 0 Å². The Hall–Kier alpha value is -2.40. The lowest BCUT2D eigenvalue weighted by atomic mass is 10.00. The molecule has 4 rings (SSSR count). The van der Waals surface area contributed by atoms with Crippen LogP contribution in [0.3, 0.4) is 0 Å². The summed E-state index contributed by atoms with van der Waals surface area (Å²) in [6, 6.07) is 14.2. The van der Waals surface area contributed by atoms with Crippen LogP contribution in [0.2, 0.25) is 0 Å². The number of nitrogens with zero attached hydrogens (tertiary/aromatic N) is 1. The van der Waals surface area contributed by atoms with Crippen LogP contribution in [0, 0.1) is 0 Å². The van der Waals surface area contributed by atoms with E-state index >= 15 is 0 Å².